The number of carbonyl (C=O) groups excluding carboxylic acids is 1. The van der Waals surface area contributed by atoms with Crippen molar-refractivity contribution in [1.82, 2.24) is 0 Å². The van der Waals surface area contributed by atoms with E-state index in [9.17, 15) is 4.79 Å². The molecule has 0 saturated heterocycles. The van der Waals surface area contributed by atoms with Gasteiger partial charge in [0, 0.05) is 12.2 Å². The van der Waals surface area contributed by atoms with Crippen LogP contribution in [0.1, 0.15) is 22.8 Å². The minimum absolute atomic E-state index is 0.364. The molecule has 0 fully saturated rings. The number of hydrogen-bond donors (Lipinski definition) is 1. The van der Waals surface area contributed by atoms with Crippen molar-refractivity contribution in [3.8, 4) is 0 Å². The van der Waals surface area contributed by atoms with Crippen LogP contribution < -0.4 is 10.6 Å². The smallest absolute Gasteiger partial charge is 0.337 e. The largest absolute Gasteiger partial charge is 0.465 e. The monoisotopic (exact) mass is 284 g/mol. The highest BCUT2D eigenvalue weighted by Gasteiger charge is 2.15. The fraction of sp³-hybridized carbons (Fsp3) is 0.235. The highest BCUT2D eigenvalue weighted by atomic mass is 16.5. The van der Waals surface area contributed by atoms with E-state index in [2.05, 4.69) is 24.8 Å². The first kappa shape index (κ1) is 14.9. The van der Waals surface area contributed by atoms with E-state index in [4.69, 9.17) is 10.5 Å². The number of anilines is 3. The van der Waals surface area contributed by atoms with Crippen LogP contribution in [-0.2, 0) is 4.74 Å². The third-order valence-electron chi connectivity index (χ3n) is 3.46. The Kier molecular flexibility index (Phi) is 4.48. The molecule has 0 unspecified atom stereocenters. The first-order valence-corrected chi connectivity index (χ1v) is 6.89. The van der Waals surface area contributed by atoms with Gasteiger partial charge < -0.3 is 15.4 Å². The first-order valence-electron chi connectivity index (χ1n) is 6.89. The van der Waals surface area contributed by atoms with Gasteiger partial charge in [-0.25, -0.2) is 4.79 Å². The summed E-state index contributed by atoms with van der Waals surface area (Å²) >= 11 is 0. The zero-order valence-electron chi connectivity index (χ0n) is 12.6. The molecule has 0 spiro atoms. The Morgan fingerprint density at radius 2 is 1.90 bits per heavy atom. The minimum Gasteiger partial charge on any atom is -0.465 e. The van der Waals surface area contributed by atoms with Crippen LogP contribution >= 0.6 is 0 Å². The molecule has 0 aliphatic carbocycles. The Balaban J connectivity index is 2.52. The number of esters is 1. The third kappa shape index (κ3) is 2.99. The van der Waals surface area contributed by atoms with Gasteiger partial charge >= 0.3 is 5.97 Å². The molecule has 0 atom stereocenters. The van der Waals surface area contributed by atoms with Crippen molar-refractivity contribution in [2.75, 3.05) is 24.3 Å². The number of carbonyl (C=O) groups is 1. The lowest BCUT2D eigenvalue weighted by atomic mass is 10.1. The second-order valence-electron chi connectivity index (χ2n) is 4.80. The van der Waals surface area contributed by atoms with E-state index in [1.807, 2.05) is 18.2 Å². The molecular formula is C17H20N2O2. The predicted molar refractivity (Wildman–Crippen MR) is 86.1 cm³/mol. The van der Waals surface area contributed by atoms with E-state index in [0.29, 0.717) is 11.3 Å². The SMILES string of the molecule is CCN(c1ccccc1C)c1cc(C(=O)OC)ccc1N. The topological polar surface area (TPSA) is 55.6 Å². The minimum atomic E-state index is -0.364. The quantitative estimate of drug-likeness (QED) is 0.689. The molecule has 0 aliphatic rings. The third-order valence-corrected chi connectivity index (χ3v) is 3.46. The van der Waals surface area contributed by atoms with Gasteiger partial charge in [-0.1, -0.05) is 18.2 Å². The molecule has 2 N–H and O–H groups in total. The molecular weight excluding hydrogens is 264 g/mol. The van der Waals surface area contributed by atoms with Crippen LogP contribution in [0.2, 0.25) is 0 Å². The Morgan fingerprint density at radius 3 is 2.52 bits per heavy atom. The molecule has 0 bridgehead atoms. The predicted octanol–water partition coefficient (Wildman–Crippen LogP) is 3.52. The van der Waals surface area contributed by atoms with Crippen molar-refractivity contribution >= 4 is 23.0 Å². The number of para-hydroxylation sites is 1. The fourth-order valence-electron chi connectivity index (χ4n) is 2.36. The highest BCUT2D eigenvalue weighted by Crippen LogP contribution is 2.33. The lowest BCUT2D eigenvalue weighted by Gasteiger charge is -2.26. The van der Waals surface area contributed by atoms with Crippen molar-refractivity contribution in [2.45, 2.75) is 13.8 Å². The molecule has 0 heterocycles. The van der Waals surface area contributed by atoms with Gasteiger partial charge in [-0.2, -0.15) is 0 Å². The van der Waals surface area contributed by atoms with Crippen LogP contribution in [0, 0.1) is 6.92 Å². The van der Waals surface area contributed by atoms with Crippen LogP contribution in [0.25, 0.3) is 0 Å². The fourth-order valence-corrected chi connectivity index (χ4v) is 2.36. The van der Waals surface area contributed by atoms with E-state index in [-0.39, 0.29) is 5.97 Å². The zero-order chi connectivity index (χ0) is 15.4. The molecule has 2 aromatic rings. The number of benzene rings is 2. The van der Waals surface area contributed by atoms with Crippen molar-refractivity contribution in [2.24, 2.45) is 0 Å². The molecule has 0 radical (unpaired) electrons. The van der Waals surface area contributed by atoms with Crippen LogP contribution in [-0.4, -0.2) is 19.6 Å². The molecule has 4 nitrogen and oxygen atoms in total. The maximum absolute atomic E-state index is 11.7. The van der Waals surface area contributed by atoms with Gasteiger partial charge in [0.1, 0.15) is 0 Å². The second kappa shape index (κ2) is 6.31. The Hall–Kier alpha value is -2.49. The number of aryl methyl sites for hydroxylation is 1. The van der Waals surface area contributed by atoms with E-state index >= 15 is 0 Å². The van der Waals surface area contributed by atoms with Gasteiger partial charge in [0.05, 0.1) is 24.0 Å². The van der Waals surface area contributed by atoms with E-state index < -0.39 is 0 Å². The van der Waals surface area contributed by atoms with E-state index in [1.165, 1.54) is 7.11 Å². The molecule has 0 saturated carbocycles. The molecule has 0 amide bonds. The molecule has 21 heavy (non-hydrogen) atoms. The summed E-state index contributed by atoms with van der Waals surface area (Å²) in [6.45, 7) is 4.86. The number of hydrogen-bond acceptors (Lipinski definition) is 4. The zero-order valence-corrected chi connectivity index (χ0v) is 12.6. The van der Waals surface area contributed by atoms with Crippen LogP contribution in [0.4, 0.5) is 17.1 Å². The van der Waals surface area contributed by atoms with Gasteiger partial charge in [-0.05, 0) is 43.7 Å². The average Bonchev–Trinajstić information content (AvgIpc) is 2.50. The Labute approximate surface area is 125 Å². The molecule has 2 aromatic carbocycles. The maximum Gasteiger partial charge on any atom is 0.337 e. The number of rotatable bonds is 4. The number of nitrogens with two attached hydrogens (primary N) is 1. The molecule has 0 aromatic heterocycles. The van der Waals surface area contributed by atoms with Gasteiger partial charge in [0.2, 0.25) is 0 Å². The summed E-state index contributed by atoms with van der Waals surface area (Å²) in [6, 6.07) is 13.3. The Bertz CT molecular complexity index is 653. The number of nitrogen functional groups attached to an aromatic ring is 1. The number of methoxy groups -OCH3 is 1. The summed E-state index contributed by atoms with van der Waals surface area (Å²) in [6.07, 6.45) is 0. The standard InChI is InChI=1S/C17H20N2O2/c1-4-19(15-8-6-5-7-12(15)2)16-11-13(17(20)21-3)9-10-14(16)18/h5-11H,4,18H2,1-3H3. The van der Waals surface area contributed by atoms with Gasteiger partial charge in [-0.3, -0.25) is 0 Å². The summed E-state index contributed by atoms with van der Waals surface area (Å²) in [5, 5.41) is 0. The lowest BCUT2D eigenvalue weighted by Crippen LogP contribution is -2.19. The van der Waals surface area contributed by atoms with Gasteiger partial charge in [0.25, 0.3) is 0 Å². The van der Waals surface area contributed by atoms with Crippen LogP contribution in [0.5, 0.6) is 0 Å². The molecule has 110 valence electrons. The Morgan fingerprint density at radius 1 is 1.19 bits per heavy atom. The van der Waals surface area contributed by atoms with Crippen molar-refractivity contribution in [1.29, 1.82) is 0 Å². The van der Waals surface area contributed by atoms with Crippen molar-refractivity contribution in [3.63, 3.8) is 0 Å². The van der Waals surface area contributed by atoms with Crippen LogP contribution in [0.15, 0.2) is 42.5 Å². The van der Waals surface area contributed by atoms with Gasteiger partial charge in [0.15, 0.2) is 0 Å². The lowest BCUT2D eigenvalue weighted by molar-refractivity contribution is 0.0601. The summed E-state index contributed by atoms with van der Waals surface area (Å²) in [4.78, 5) is 13.8. The summed E-state index contributed by atoms with van der Waals surface area (Å²) in [5.74, 6) is -0.364. The van der Waals surface area contributed by atoms with E-state index in [0.717, 1.165) is 23.5 Å². The molecule has 4 heteroatoms. The highest BCUT2D eigenvalue weighted by molar-refractivity contribution is 5.92. The maximum atomic E-state index is 11.7. The summed E-state index contributed by atoms with van der Waals surface area (Å²) in [7, 11) is 1.37. The average molecular weight is 284 g/mol. The number of ether oxygens (including phenoxy) is 1. The first-order chi connectivity index (χ1) is 10.1. The number of nitrogens with zero attached hydrogens (tertiary/aromatic N) is 1. The molecule has 0 aliphatic heterocycles. The normalized spacial score (nSPS) is 10.2. The van der Waals surface area contributed by atoms with Crippen molar-refractivity contribution < 1.29 is 9.53 Å². The van der Waals surface area contributed by atoms with Gasteiger partial charge in [-0.15, -0.1) is 0 Å². The second-order valence-corrected chi connectivity index (χ2v) is 4.80. The van der Waals surface area contributed by atoms with Crippen LogP contribution in [0.3, 0.4) is 0 Å². The van der Waals surface area contributed by atoms with Crippen molar-refractivity contribution in [3.05, 3.63) is 53.6 Å². The summed E-state index contributed by atoms with van der Waals surface area (Å²) < 4.78 is 4.78. The summed E-state index contributed by atoms with van der Waals surface area (Å²) in [5.41, 5.74) is 10.3. The van der Waals surface area contributed by atoms with E-state index in [1.54, 1.807) is 18.2 Å². The molecule has 2 rings (SSSR count).